The zero-order chi connectivity index (χ0) is 17.5. The van der Waals surface area contributed by atoms with Gasteiger partial charge in [0.2, 0.25) is 0 Å². The van der Waals surface area contributed by atoms with E-state index in [1.807, 2.05) is 17.5 Å². The molecule has 4 heterocycles. The van der Waals surface area contributed by atoms with Crippen LogP contribution in [0.1, 0.15) is 22.5 Å². The largest absolute Gasteiger partial charge is 0.369 e. The first-order chi connectivity index (χ1) is 12.8. The number of anilines is 1. The highest BCUT2D eigenvalue weighted by molar-refractivity contribution is 7.12. The molecule has 0 radical (unpaired) electrons. The Morgan fingerprint density at radius 2 is 2.00 bits per heavy atom. The van der Waals surface area contributed by atoms with E-state index < -0.39 is 0 Å². The highest BCUT2D eigenvalue weighted by Crippen LogP contribution is 2.36. The van der Waals surface area contributed by atoms with Crippen LogP contribution in [0, 0.1) is 5.92 Å². The maximum absolute atomic E-state index is 11.0. The van der Waals surface area contributed by atoms with E-state index in [1.165, 1.54) is 43.8 Å². The Morgan fingerprint density at radius 1 is 1.15 bits per heavy atom. The van der Waals surface area contributed by atoms with Crippen molar-refractivity contribution in [3.8, 4) is 11.1 Å². The minimum atomic E-state index is 0.717. The predicted octanol–water partition coefficient (Wildman–Crippen LogP) is 3.30. The number of aromatic nitrogens is 2. The Hall–Kier alpha value is -2.25. The molecule has 0 aliphatic carbocycles. The van der Waals surface area contributed by atoms with Crippen LogP contribution in [0.4, 0.5) is 5.69 Å². The van der Waals surface area contributed by atoms with Crippen molar-refractivity contribution in [3.63, 3.8) is 0 Å². The van der Waals surface area contributed by atoms with Gasteiger partial charge in [-0.05, 0) is 71.0 Å². The van der Waals surface area contributed by atoms with Crippen molar-refractivity contribution < 1.29 is 9.42 Å². The average Bonchev–Trinajstić information content (AvgIpc) is 3.37. The summed E-state index contributed by atoms with van der Waals surface area (Å²) >= 11 is 1.46. The standard InChI is InChI=1S/C19H20N4O2S/c24-11-16-5-15(12-26-16)14-6-17-19(21-25-20-17)18(7-14)23-9-13(10-23)8-22-3-1-2-4-22/h5-7,11-13H,1-4,8-10H2. The minimum Gasteiger partial charge on any atom is -0.369 e. The van der Waals surface area contributed by atoms with Gasteiger partial charge in [0, 0.05) is 25.6 Å². The van der Waals surface area contributed by atoms with Crippen molar-refractivity contribution in [2.45, 2.75) is 12.8 Å². The van der Waals surface area contributed by atoms with Gasteiger partial charge in [0.15, 0.2) is 11.8 Å². The molecule has 7 heteroatoms. The predicted molar refractivity (Wildman–Crippen MR) is 102 cm³/mol. The molecule has 26 heavy (non-hydrogen) atoms. The summed E-state index contributed by atoms with van der Waals surface area (Å²) < 4.78 is 4.99. The molecule has 0 spiro atoms. The molecule has 1 aromatic carbocycles. The average molecular weight is 368 g/mol. The summed E-state index contributed by atoms with van der Waals surface area (Å²) in [5, 5.41) is 10.2. The summed E-state index contributed by atoms with van der Waals surface area (Å²) in [6.07, 6.45) is 3.57. The summed E-state index contributed by atoms with van der Waals surface area (Å²) in [6.45, 7) is 5.79. The molecule has 2 fully saturated rings. The van der Waals surface area contributed by atoms with Crippen LogP contribution >= 0.6 is 11.3 Å². The Balaban J connectivity index is 1.40. The Morgan fingerprint density at radius 3 is 2.77 bits per heavy atom. The molecule has 134 valence electrons. The van der Waals surface area contributed by atoms with Gasteiger partial charge in [-0.3, -0.25) is 4.79 Å². The van der Waals surface area contributed by atoms with E-state index in [-0.39, 0.29) is 0 Å². The first-order valence-corrected chi connectivity index (χ1v) is 9.96. The molecule has 2 aliphatic heterocycles. The molecule has 0 atom stereocenters. The van der Waals surface area contributed by atoms with E-state index in [0.29, 0.717) is 0 Å². The maximum atomic E-state index is 11.0. The van der Waals surface area contributed by atoms with Gasteiger partial charge in [-0.2, -0.15) is 0 Å². The van der Waals surface area contributed by atoms with E-state index in [1.54, 1.807) is 0 Å². The van der Waals surface area contributed by atoms with Gasteiger partial charge >= 0.3 is 0 Å². The molecule has 0 saturated carbocycles. The SMILES string of the molecule is O=Cc1cc(-c2cc(N3CC(CN4CCCC4)C3)c3nonc3c2)cs1. The first kappa shape index (κ1) is 16.0. The van der Waals surface area contributed by atoms with Crippen molar-refractivity contribution >= 4 is 34.3 Å². The number of carbonyl (C=O) groups is 1. The van der Waals surface area contributed by atoms with Gasteiger partial charge in [0.05, 0.1) is 10.6 Å². The van der Waals surface area contributed by atoms with Gasteiger partial charge in [-0.1, -0.05) is 0 Å². The maximum Gasteiger partial charge on any atom is 0.160 e. The van der Waals surface area contributed by atoms with Crippen LogP contribution in [-0.4, -0.2) is 54.2 Å². The van der Waals surface area contributed by atoms with E-state index in [9.17, 15) is 4.79 Å². The lowest BCUT2D eigenvalue weighted by molar-refractivity contribution is 0.112. The van der Waals surface area contributed by atoms with Crippen molar-refractivity contribution in [1.82, 2.24) is 15.2 Å². The lowest BCUT2D eigenvalue weighted by Gasteiger charge is -2.42. The molecule has 0 N–H and O–H groups in total. The van der Waals surface area contributed by atoms with Crippen LogP contribution in [-0.2, 0) is 0 Å². The molecule has 0 bridgehead atoms. The number of aldehydes is 1. The lowest BCUT2D eigenvalue weighted by atomic mass is 9.97. The number of likely N-dealkylation sites (tertiary alicyclic amines) is 1. The highest BCUT2D eigenvalue weighted by atomic mass is 32.1. The molecule has 5 rings (SSSR count). The second-order valence-corrected chi connectivity index (χ2v) is 8.20. The third-order valence-electron chi connectivity index (χ3n) is 5.42. The number of hydrogen-bond donors (Lipinski definition) is 0. The van der Waals surface area contributed by atoms with Crippen molar-refractivity contribution in [3.05, 3.63) is 28.5 Å². The monoisotopic (exact) mass is 368 g/mol. The van der Waals surface area contributed by atoms with E-state index in [0.717, 1.165) is 58.0 Å². The quantitative estimate of drug-likeness (QED) is 0.644. The van der Waals surface area contributed by atoms with Gasteiger partial charge in [-0.15, -0.1) is 11.3 Å². The molecule has 2 aromatic heterocycles. The van der Waals surface area contributed by atoms with Crippen LogP contribution in [0.25, 0.3) is 22.2 Å². The van der Waals surface area contributed by atoms with Crippen molar-refractivity contribution in [1.29, 1.82) is 0 Å². The molecular formula is C19H20N4O2S. The number of nitrogens with zero attached hydrogens (tertiary/aromatic N) is 4. The second-order valence-electron chi connectivity index (χ2n) is 7.26. The number of fused-ring (bicyclic) bond motifs is 1. The fourth-order valence-corrected chi connectivity index (χ4v) is 4.78. The summed E-state index contributed by atoms with van der Waals surface area (Å²) in [7, 11) is 0. The Bertz CT molecular complexity index is 938. The van der Waals surface area contributed by atoms with Crippen molar-refractivity contribution in [2.75, 3.05) is 37.6 Å². The van der Waals surface area contributed by atoms with Crippen molar-refractivity contribution in [2.24, 2.45) is 5.92 Å². The summed E-state index contributed by atoms with van der Waals surface area (Å²) in [4.78, 5) is 16.7. The number of rotatable bonds is 5. The van der Waals surface area contributed by atoms with Crippen LogP contribution in [0.15, 0.2) is 28.2 Å². The Labute approximate surface area is 155 Å². The van der Waals surface area contributed by atoms with Gasteiger partial charge in [0.1, 0.15) is 5.52 Å². The van der Waals surface area contributed by atoms with Gasteiger partial charge in [-0.25, -0.2) is 4.63 Å². The third-order valence-corrected chi connectivity index (χ3v) is 6.28. The topological polar surface area (TPSA) is 62.5 Å². The van der Waals surface area contributed by atoms with E-state index in [4.69, 9.17) is 4.63 Å². The van der Waals surface area contributed by atoms with E-state index in [2.05, 4.69) is 26.2 Å². The van der Waals surface area contributed by atoms with E-state index >= 15 is 0 Å². The lowest BCUT2D eigenvalue weighted by Crippen LogP contribution is -2.51. The summed E-state index contributed by atoms with van der Waals surface area (Å²) in [5.74, 6) is 0.717. The van der Waals surface area contributed by atoms with Crippen LogP contribution < -0.4 is 4.90 Å². The number of hydrogen-bond acceptors (Lipinski definition) is 7. The summed E-state index contributed by atoms with van der Waals surface area (Å²) in [5.41, 5.74) is 4.75. The Kier molecular flexibility index (Phi) is 3.98. The molecular weight excluding hydrogens is 348 g/mol. The van der Waals surface area contributed by atoms with Crippen LogP contribution in [0.5, 0.6) is 0 Å². The molecule has 2 aliphatic rings. The van der Waals surface area contributed by atoms with Gasteiger partial charge in [0.25, 0.3) is 0 Å². The fourth-order valence-electron chi connectivity index (χ4n) is 4.06. The minimum absolute atomic E-state index is 0.717. The number of carbonyl (C=O) groups excluding carboxylic acids is 1. The second kappa shape index (κ2) is 6.48. The third kappa shape index (κ3) is 2.81. The van der Waals surface area contributed by atoms with Crippen LogP contribution in [0.3, 0.4) is 0 Å². The zero-order valence-corrected chi connectivity index (χ0v) is 15.2. The molecule has 6 nitrogen and oxygen atoms in total. The number of benzene rings is 1. The fraction of sp³-hybridized carbons (Fsp3) is 0.421. The smallest absolute Gasteiger partial charge is 0.160 e. The normalized spacial score (nSPS) is 18.5. The molecule has 0 unspecified atom stereocenters. The van der Waals surface area contributed by atoms with Gasteiger partial charge < -0.3 is 9.80 Å². The first-order valence-electron chi connectivity index (χ1n) is 9.08. The zero-order valence-electron chi connectivity index (χ0n) is 14.4. The van der Waals surface area contributed by atoms with Crippen LogP contribution in [0.2, 0.25) is 0 Å². The molecule has 3 aromatic rings. The molecule has 0 amide bonds. The number of thiophene rings is 1. The molecule has 2 saturated heterocycles. The summed E-state index contributed by atoms with van der Waals surface area (Å²) in [6, 6.07) is 6.05. The highest BCUT2D eigenvalue weighted by Gasteiger charge is 2.31.